The summed E-state index contributed by atoms with van der Waals surface area (Å²) >= 11 is 0. The first kappa shape index (κ1) is 12.6. The van der Waals surface area contributed by atoms with Crippen LogP contribution in [0.1, 0.15) is 37.8 Å². The van der Waals surface area contributed by atoms with E-state index in [0.717, 1.165) is 18.5 Å². The second-order valence-electron chi connectivity index (χ2n) is 5.39. The molecule has 0 spiro atoms. The first-order valence-electron chi connectivity index (χ1n) is 6.56. The van der Waals surface area contributed by atoms with E-state index in [1.54, 1.807) is 12.1 Å². The van der Waals surface area contributed by atoms with Gasteiger partial charge < -0.3 is 5.32 Å². The lowest BCUT2D eigenvalue weighted by Crippen LogP contribution is -2.36. The van der Waals surface area contributed by atoms with Crippen molar-refractivity contribution in [2.45, 2.75) is 46.1 Å². The van der Waals surface area contributed by atoms with Gasteiger partial charge >= 0.3 is 0 Å². The minimum Gasteiger partial charge on any atom is -0.314 e. The number of aryl methyl sites for hydroxylation is 1. The predicted molar refractivity (Wildman–Crippen MR) is 69.6 cm³/mol. The molecule has 1 fully saturated rings. The Morgan fingerprint density at radius 2 is 2.12 bits per heavy atom. The van der Waals surface area contributed by atoms with Crippen LogP contribution in [0.25, 0.3) is 0 Å². The lowest BCUT2D eigenvalue weighted by molar-refractivity contribution is 0.355. The van der Waals surface area contributed by atoms with Crippen molar-refractivity contribution in [1.29, 1.82) is 0 Å². The number of benzene rings is 1. The average molecular weight is 235 g/mol. The largest absolute Gasteiger partial charge is 0.314 e. The van der Waals surface area contributed by atoms with E-state index < -0.39 is 0 Å². The van der Waals surface area contributed by atoms with E-state index in [2.05, 4.69) is 19.2 Å². The molecule has 1 N–H and O–H groups in total. The van der Waals surface area contributed by atoms with Gasteiger partial charge in [-0.3, -0.25) is 0 Å². The van der Waals surface area contributed by atoms with Gasteiger partial charge in [0, 0.05) is 6.04 Å². The van der Waals surface area contributed by atoms with Gasteiger partial charge in [-0.15, -0.1) is 0 Å². The molecule has 1 aromatic carbocycles. The summed E-state index contributed by atoms with van der Waals surface area (Å²) < 4.78 is 13.1. The molecule has 2 rings (SSSR count). The Kier molecular flexibility index (Phi) is 3.53. The molecule has 0 amide bonds. The fourth-order valence-electron chi connectivity index (χ4n) is 2.68. The van der Waals surface area contributed by atoms with E-state index in [-0.39, 0.29) is 5.82 Å². The molecular formula is C15H22FN. The van der Waals surface area contributed by atoms with Gasteiger partial charge in [-0.05, 0) is 68.3 Å². The molecule has 0 aromatic heterocycles. The minimum absolute atomic E-state index is 0.129. The van der Waals surface area contributed by atoms with Gasteiger partial charge in [0.15, 0.2) is 0 Å². The molecule has 94 valence electrons. The smallest absolute Gasteiger partial charge is 0.123 e. The number of nitrogens with one attached hydrogen (secondary N) is 1. The van der Waals surface area contributed by atoms with Crippen molar-refractivity contribution in [2.24, 2.45) is 5.41 Å². The Hall–Kier alpha value is -0.890. The molecule has 0 heterocycles. The molecule has 1 aliphatic rings. The van der Waals surface area contributed by atoms with Crippen molar-refractivity contribution in [1.82, 2.24) is 5.32 Å². The summed E-state index contributed by atoms with van der Waals surface area (Å²) in [5.41, 5.74) is 2.80. The summed E-state index contributed by atoms with van der Waals surface area (Å²) in [4.78, 5) is 0. The minimum atomic E-state index is -0.129. The molecule has 1 aromatic rings. The highest BCUT2D eigenvalue weighted by atomic mass is 19.1. The van der Waals surface area contributed by atoms with Crippen LogP contribution in [0.2, 0.25) is 0 Å². The molecular weight excluding hydrogens is 213 g/mol. The fraction of sp³-hybridized carbons (Fsp3) is 0.600. The van der Waals surface area contributed by atoms with E-state index in [1.165, 1.54) is 18.4 Å². The van der Waals surface area contributed by atoms with Crippen molar-refractivity contribution in [3.05, 3.63) is 35.1 Å². The van der Waals surface area contributed by atoms with Gasteiger partial charge in [-0.2, -0.15) is 0 Å². The van der Waals surface area contributed by atoms with Crippen LogP contribution in [0.4, 0.5) is 4.39 Å². The zero-order valence-electron chi connectivity index (χ0n) is 11.0. The Bertz CT molecular complexity index is 396. The van der Waals surface area contributed by atoms with E-state index in [0.29, 0.717) is 11.5 Å². The number of hydrogen-bond acceptors (Lipinski definition) is 1. The van der Waals surface area contributed by atoms with Crippen molar-refractivity contribution in [3.63, 3.8) is 0 Å². The van der Waals surface area contributed by atoms with Crippen LogP contribution in [0.5, 0.6) is 0 Å². The third-order valence-corrected chi connectivity index (χ3v) is 4.17. The van der Waals surface area contributed by atoms with Crippen LogP contribution < -0.4 is 5.32 Å². The monoisotopic (exact) mass is 235 g/mol. The molecule has 0 bridgehead atoms. The Morgan fingerprint density at radius 1 is 1.41 bits per heavy atom. The maximum Gasteiger partial charge on any atom is 0.123 e. The molecule has 2 heteroatoms. The summed E-state index contributed by atoms with van der Waals surface area (Å²) in [5.74, 6) is -0.129. The van der Waals surface area contributed by atoms with Crippen molar-refractivity contribution >= 4 is 0 Å². The number of halogens is 1. The predicted octanol–water partition coefficient (Wildman–Crippen LogP) is 3.45. The molecule has 0 radical (unpaired) electrons. The van der Waals surface area contributed by atoms with Gasteiger partial charge in [-0.25, -0.2) is 4.39 Å². The Labute approximate surface area is 103 Å². The standard InChI is InChI=1S/C15H22FN/c1-4-17-12(3)15(7-8-15)10-13-5-6-14(16)9-11(13)2/h5-6,9,12,17H,4,7-8,10H2,1-3H3. The van der Waals surface area contributed by atoms with Crippen LogP contribution >= 0.6 is 0 Å². The van der Waals surface area contributed by atoms with Crippen molar-refractivity contribution in [3.8, 4) is 0 Å². The van der Waals surface area contributed by atoms with Crippen LogP contribution in [0.3, 0.4) is 0 Å². The number of rotatable bonds is 5. The first-order valence-corrected chi connectivity index (χ1v) is 6.56. The SMILES string of the molecule is CCNC(C)C1(Cc2ccc(F)cc2C)CC1. The molecule has 1 saturated carbocycles. The van der Waals surface area contributed by atoms with Gasteiger partial charge in [0.2, 0.25) is 0 Å². The zero-order chi connectivity index (χ0) is 12.5. The first-order chi connectivity index (χ1) is 8.07. The van der Waals surface area contributed by atoms with Gasteiger partial charge in [0.1, 0.15) is 5.82 Å². The van der Waals surface area contributed by atoms with E-state index in [4.69, 9.17) is 0 Å². The normalized spacial score (nSPS) is 19.1. The zero-order valence-corrected chi connectivity index (χ0v) is 11.0. The van der Waals surface area contributed by atoms with Crippen LogP contribution in [-0.2, 0) is 6.42 Å². The maximum absolute atomic E-state index is 13.1. The second kappa shape index (κ2) is 4.77. The highest BCUT2D eigenvalue weighted by Gasteiger charge is 2.46. The lowest BCUT2D eigenvalue weighted by Gasteiger charge is -2.25. The summed E-state index contributed by atoms with van der Waals surface area (Å²) in [7, 11) is 0. The highest BCUT2D eigenvalue weighted by Crippen LogP contribution is 2.51. The number of hydrogen-bond donors (Lipinski definition) is 1. The summed E-state index contributed by atoms with van der Waals surface area (Å²) in [6, 6.07) is 5.72. The quantitative estimate of drug-likeness (QED) is 0.824. The topological polar surface area (TPSA) is 12.0 Å². The third kappa shape index (κ3) is 2.68. The molecule has 0 saturated heterocycles. The fourth-order valence-corrected chi connectivity index (χ4v) is 2.68. The summed E-state index contributed by atoms with van der Waals surface area (Å²) in [6.07, 6.45) is 3.66. The molecule has 1 aliphatic carbocycles. The van der Waals surface area contributed by atoms with Crippen LogP contribution in [-0.4, -0.2) is 12.6 Å². The third-order valence-electron chi connectivity index (χ3n) is 4.17. The second-order valence-corrected chi connectivity index (χ2v) is 5.39. The van der Waals surface area contributed by atoms with E-state index in [1.807, 2.05) is 13.0 Å². The molecule has 17 heavy (non-hydrogen) atoms. The highest BCUT2D eigenvalue weighted by molar-refractivity contribution is 5.29. The van der Waals surface area contributed by atoms with Gasteiger partial charge in [-0.1, -0.05) is 13.0 Å². The van der Waals surface area contributed by atoms with Crippen molar-refractivity contribution in [2.75, 3.05) is 6.54 Å². The maximum atomic E-state index is 13.1. The summed E-state index contributed by atoms with van der Waals surface area (Å²) in [6.45, 7) is 7.45. The molecule has 0 aliphatic heterocycles. The van der Waals surface area contributed by atoms with Crippen molar-refractivity contribution < 1.29 is 4.39 Å². The molecule has 1 unspecified atom stereocenters. The summed E-state index contributed by atoms with van der Waals surface area (Å²) in [5, 5.41) is 3.53. The van der Waals surface area contributed by atoms with E-state index >= 15 is 0 Å². The van der Waals surface area contributed by atoms with Crippen LogP contribution in [0, 0.1) is 18.2 Å². The Morgan fingerprint density at radius 3 is 2.65 bits per heavy atom. The molecule has 1 atom stereocenters. The Balaban J connectivity index is 2.10. The average Bonchev–Trinajstić information content (AvgIpc) is 3.04. The molecule has 1 nitrogen and oxygen atoms in total. The van der Waals surface area contributed by atoms with E-state index in [9.17, 15) is 4.39 Å². The van der Waals surface area contributed by atoms with Gasteiger partial charge in [0.25, 0.3) is 0 Å². The lowest BCUT2D eigenvalue weighted by atomic mass is 9.88. The van der Waals surface area contributed by atoms with Gasteiger partial charge in [0.05, 0.1) is 0 Å². The van der Waals surface area contributed by atoms with Crippen LogP contribution in [0.15, 0.2) is 18.2 Å².